The minimum Gasteiger partial charge on any atom is -0.493 e. The maximum Gasteiger partial charge on any atom is 0.279 e. The molecule has 27 heavy (non-hydrogen) atoms. The summed E-state index contributed by atoms with van der Waals surface area (Å²) < 4.78 is 13.6. The van der Waals surface area contributed by atoms with Crippen LogP contribution in [-0.4, -0.2) is 24.7 Å². The van der Waals surface area contributed by atoms with Crippen LogP contribution in [0.25, 0.3) is 21.0 Å². The lowest BCUT2D eigenvalue weighted by Crippen LogP contribution is -2.13. The number of nitrogens with zero attached hydrogens (tertiary/aromatic N) is 2. The molecular formula is C21H18N2O3S. The first-order chi connectivity index (χ1) is 13.1. The van der Waals surface area contributed by atoms with Crippen molar-refractivity contribution in [1.29, 1.82) is 0 Å². The maximum absolute atomic E-state index is 12.7. The number of hydrogen-bond acceptors (Lipinski definition) is 4. The summed E-state index contributed by atoms with van der Waals surface area (Å²) in [7, 11) is 5.03. The van der Waals surface area contributed by atoms with Gasteiger partial charge in [-0.15, -0.1) is 0 Å². The van der Waals surface area contributed by atoms with Crippen molar-refractivity contribution in [1.82, 2.24) is 4.57 Å². The molecule has 0 fully saturated rings. The minimum atomic E-state index is -0.317. The number of aromatic nitrogens is 1. The van der Waals surface area contributed by atoms with Gasteiger partial charge in [-0.3, -0.25) is 4.79 Å². The predicted octanol–water partition coefficient (Wildman–Crippen LogP) is 4.15. The van der Waals surface area contributed by atoms with Crippen molar-refractivity contribution in [2.75, 3.05) is 14.2 Å². The highest BCUT2D eigenvalue weighted by molar-refractivity contribution is 7.17. The molecule has 1 heterocycles. The summed E-state index contributed by atoms with van der Waals surface area (Å²) in [6, 6.07) is 17.4. The van der Waals surface area contributed by atoms with Crippen molar-refractivity contribution in [3.63, 3.8) is 0 Å². The Hall–Kier alpha value is -3.12. The Bertz CT molecular complexity index is 1240. The summed E-state index contributed by atoms with van der Waals surface area (Å²) in [5, 5.41) is 2.33. The van der Waals surface area contributed by atoms with Crippen LogP contribution in [0.2, 0.25) is 0 Å². The van der Waals surface area contributed by atoms with Crippen molar-refractivity contribution >= 4 is 38.2 Å². The van der Waals surface area contributed by atoms with Gasteiger partial charge in [0, 0.05) is 18.0 Å². The number of rotatable bonds is 3. The monoisotopic (exact) mass is 378 g/mol. The van der Waals surface area contributed by atoms with Crippen molar-refractivity contribution in [3.8, 4) is 11.5 Å². The van der Waals surface area contributed by atoms with Crippen molar-refractivity contribution in [3.05, 3.63) is 65.0 Å². The largest absolute Gasteiger partial charge is 0.493 e. The van der Waals surface area contributed by atoms with Gasteiger partial charge in [0.15, 0.2) is 16.3 Å². The number of fused-ring (bicyclic) bond motifs is 3. The van der Waals surface area contributed by atoms with Crippen LogP contribution in [0.1, 0.15) is 10.4 Å². The van der Waals surface area contributed by atoms with E-state index in [-0.39, 0.29) is 5.91 Å². The van der Waals surface area contributed by atoms with Crippen LogP contribution < -0.4 is 14.3 Å². The Morgan fingerprint density at radius 2 is 1.78 bits per heavy atom. The molecule has 4 rings (SSSR count). The molecule has 0 unspecified atom stereocenters. The fourth-order valence-electron chi connectivity index (χ4n) is 3.08. The average molecular weight is 378 g/mol. The van der Waals surface area contributed by atoms with Gasteiger partial charge in [-0.2, -0.15) is 4.99 Å². The molecule has 0 radical (unpaired) electrons. The number of ether oxygens (including phenoxy) is 2. The molecule has 1 aromatic heterocycles. The van der Waals surface area contributed by atoms with Crippen molar-refractivity contribution < 1.29 is 14.3 Å². The first kappa shape index (κ1) is 17.3. The molecule has 6 heteroatoms. The molecule has 0 saturated heterocycles. The van der Waals surface area contributed by atoms with E-state index in [9.17, 15) is 4.79 Å². The zero-order chi connectivity index (χ0) is 19.0. The quantitative estimate of drug-likeness (QED) is 0.538. The third-order valence-electron chi connectivity index (χ3n) is 4.53. The number of methoxy groups -OCH3 is 2. The van der Waals surface area contributed by atoms with Gasteiger partial charge in [0.2, 0.25) is 0 Å². The minimum absolute atomic E-state index is 0.317. The van der Waals surface area contributed by atoms with Gasteiger partial charge in [-0.1, -0.05) is 41.7 Å². The average Bonchev–Trinajstić information content (AvgIpc) is 3.03. The lowest BCUT2D eigenvalue weighted by molar-refractivity contribution is 0.0997. The van der Waals surface area contributed by atoms with Gasteiger partial charge < -0.3 is 14.0 Å². The summed E-state index contributed by atoms with van der Waals surface area (Å²) in [6.45, 7) is 0. The Balaban J connectivity index is 1.84. The molecule has 0 aliphatic heterocycles. The maximum atomic E-state index is 12.7. The lowest BCUT2D eigenvalue weighted by Gasteiger charge is -2.07. The van der Waals surface area contributed by atoms with Crippen molar-refractivity contribution in [2.45, 2.75) is 0 Å². The number of amides is 1. The molecule has 0 atom stereocenters. The van der Waals surface area contributed by atoms with Crippen LogP contribution in [0, 0.1) is 0 Å². The predicted molar refractivity (Wildman–Crippen MR) is 108 cm³/mol. The number of aryl methyl sites for hydroxylation is 1. The molecule has 0 N–H and O–H groups in total. The van der Waals surface area contributed by atoms with Gasteiger partial charge in [0.05, 0.1) is 24.4 Å². The summed E-state index contributed by atoms with van der Waals surface area (Å²) in [4.78, 5) is 17.7. The molecule has 0 bridgehead atoms. The van der Waals surface area contributed by atoms with Crippen LogP contribution in [0.4, 0.5) is 0 Å². The number of hydrogen-bond donors (Lipinski definition) is 0. The second kappa shape index (κ2) is 6.89. The molecule has 0 spiro atoms. The number of benzene rings is 3. The summed E-state index contributed by atoms with van der Waals surface area (Å²) >= 11 is 1.51. The van der Waals surface area contributed by atoms with Crippen LogP contribution in [0.5, 0.6) is 11.5 Å². The fourth-order valence-corrected chi connectivity index (χ4v) is 4.24. The summed E-state index contributed by atoms with van der Waals surface area (Å²) in [6.07, 6.45) is 0. The Kier molecular flexibility index (Phi) is 4.41. The Labute approximate surface area is 160 Å². The van der Waals surface area contributed by atoms with Crippen LogP contribution >= 0.6 is 11.3 Å². The van der Waals surface area contributed by atoms with E-state index in [2.05, 4.69) is 29.3 Å². The van der Waals surface area contributed by atoms with E-state index in [1.165, 1.54) is 16.7 Å². The van der Waals surface area contributed by atoms with E-state index in [1.807, 2.05) is 23.7 Å². The first-order valence-corrected chi connectivity index (χ1v) is 9.22. The Morgan fingerprint density at radius 1 is 1.00 bits per heavy atom. The van der Waals surface area contributed by atoms with E-state index in [4.69, 9.17) is 9.47 Å². The SMILES string of the molecule is COc1ccc(C(=O)N=c2sc3c4ccccc4ccc3n2C)cc1OC. The van der Waals surface area contributed by atoms with Gasteiger partial charge >= 0.3 is 0 Å². The Morgan fingerprint density at radius 3 is 2.56 bits per heavy atom. The second-order valence-corrected chi connectivity index (χ2v) is 7.04. The van der Waals surface area contributed by atoms with E-state index >= 15 is 0 Å². The smallest absolute Gasteiger partial charge is 0.279 e. The van der Waals surface area contributed by atoms with Crippen LogP contribution in [0.15, 0.2) is 59.6 Å². The summed E-state index contributed by atoms with van der Waals surface area (Å²) in [5.41, 5.74) is 1.51. The standard InChI is InChI=1S/C21H18N2O3S/c1-23-16-10-8-13-6-4-5-7-15(13)19(16)27-21(23)22-20(24)14-9-11-17(25-2)18(12-14)26-3/h4-12H,1-3H3. The lowest BCUT2D eigenvalue weighted by atomic mass is 10.1. The fraction of sp³-hybridized carbons (Fsp3) is 0.143. The molecule has 0 aliphatic rings. The van der Waals surface area contributed by atoms with E-state index in [1.54, 1.807) is 32.4 Å². The number of carbonyl (C=O) groups excluding carboxylic acids is 1. The number of carbonyl (C=O) groups is 1. The van der Waals surface area contributed by atoms with E-state index in [0.717, 1.165) is 15.6 Å². The highest BCUT2D eigenvalue weighted by Crippen LogP contribution is 2.29. The summed E-state index contributed by atoms with van der Waals surface area (Å²) in [5.74, 6) is 0.764. The molecular weight excluding hydrogens is 360 g/mol. The van der Waals surface area contributed by atoms with Crippen LogP contribution in [0.3, 0.4) is 0 Å². The molecule has 4 aromatic rings. The molecule has 3 aromatic carbocycles. The van der Waals surface area contributed by atoms with Gasteiger partial charge in [0.1, 0.15) is 0 Å². The second-order valence-electron chi connectivity index (χ2n) is 6.07. The van der Waals surface area contributed by atoms with E-state index in [0.29, 0.717) is 21.9 Å². The zero-order valence-corrected chi connectivity index (χ0v) is 16.0. The first-order valence-electron chi connectivity index (χ1n) is 8.40. The third kappa shape index (κ3) is 2.98. The highest BCUT2D eigenvalue weighted by Gasteiger charge is 2.12. The van der Waals surface area contributed by atoms with Gasteiger partial charge in [0.25, 0.3) is 5.91 Å². The van der Waals surface area contributed by atoms with Gasteiger partial charge in [-0.05, 0) is 29.7 Å². The molecule has 1 amide bonds. The normalized spacial score (nSPS) is 11.9. The highest BCUT2D eigenvalue weighted by atomic mass is 32.1. The van der Waals surface area contributed by atoms with Crippen molar-refractivity contribution in [2.24, 2.45) is 12.0 Å². The van der Waals surface area contributed by atoms with Gasteiger partial charge in [-0.25, -0.2) is 0 Å². The van der Waals surface area contributed by atoms with Crippen LogP contribution in [-0.2, 0) is 7.05 Å². The van der Waals surface area contributed by atoms with E-state index < -0.39 is 0 Å². The molecule has 0 aliphatic carbocycles. The molecule has 136 valence electrons. The third-order valence-corrected chi connectivity index (χ3v) is 5.71. The zero-order valence-electron chi connectivity index (χ0n) is 15.2. The molecule has 0 saturated carbocycles. The number of thiazole rings is 1. The topological polar surface area (TPSA) is 52.8 Å². The molecule has 5 nitrogen and oxygen atoms in total.